The number of rotatable bonds is 5. The standard InChI is InChI=1S/C13H12FNO3/c1-2-10(8-15)18-13-9(6-7-12(16)17)4-3-5-11(13)14/h3-7,10H,2H2,1H3,(H,16,17)/b7-6+. The van der Waals surface area contributed by atoms with Crippen molar-refractivity contribution in [3.05, 3.63) is 35.7 Å². The van der Waals surface area contributed by atoms with E-state index in [9.17, 15) is 9.18 Å². The molecule has 0 radical (unpaired) electrons. The molecule has 5 heteroatoms. The number of ether oxygens (including phenoxy) is 1. The summed E-state index contributed by atoms with van der Waals surface area (Å²) in [6.45, 7) is 1.74. The average Bonchev–Trinajstić information content (AvgIpc) is 2.35. The van der Waals surface area contributed by atoms with Gasteiger partial charge >= 0.3 is 5.97 Å². The molecule has 94 valence electrons. The molecular weight excluding hydrogens is 237 g/mol. The largest absolute Gasteiger partial charge is 0.478 e. The van der Waals surface area contributed by atoms with E-state index in [2.05, 4.69) is 0 Å². The van der Waals surface area contributed by atoms with Crippen LogP contribution in [-0.4, -0.2) is 17.2 Å². The van der Waals surface area contributed by atoms with Gasteiger partial charge in [0.2, 0.25) is 0 Å². The highest BCUT2D eigenvalue weighted by Gasteiger charge is 2.13. The van der Waals surface area contributed by atoms with Crippen molar-refractivity contribution >= 4 is 12.0 Å². The van der Waals surface area contributed by atoms with Gasteiger partial charge in [0.15, 0.2) is 17.7 Å². The third-order valence-electron chi connectivity index (χ3n) is 2.18. The predicted octanol–water partition coefficient (Wildman–Crippen LogP) is 2.60. The molecular formula is C13H12FNO3. The summed E-state index contributed by atoms with van der Waals surface area (Å²) in [5.74, 6) is -1.88. The van der Waals surface area contributed by atoms with E-state index >= 15 is 0 Å². The minimum absolute atomic E-state index is 0.108. The lowest BCUT2D eigenvalue weighted by Crippen LogP contribution is -2.14. The van der Waals surface area contributed by atoms with E-state index in [1.54, 1.807) is 6.92 Å². The highest BCUT2D eigenvalue weighted by molar-refractivity contribution is 5.85. The van der Waals surface area contributed by atoms with Crippen LogP contribution in [0.3, 0.4) is 0 Å². The Balaban J connectivity index is 3.08. The number of para-hydroxylation sites is 1. The first-order valence-corrected chi connectivity index (χ1v) is 5.34. The smallest absolute Gasteiger partial charge is 0.328 e. The van der Waals surface area contributed by atoms with Gasteiger partial charge in [-0.3, -0.25) is 0 Å². The first kappa shape index (κ1) is 13.7. The van der Waals surface area contributed by atoms with E-state index in [-0.39, 0.29) is 11.3 Å². The molecule has 1 N–H and O–H groups in total. The molecule has 0 amide bonds. The Morgan fingerprint density at radius 3 is 2.94 bits per heavy atom. The van der Waals surface area contributed by atoms with Gasteiger partial charge in [-0.1, -0.05) is 19.1 Å². The molecule has 0 saturated carbocycles. The lowest BCUT2D eigenvalue weighted by Gasteiger charge is -2.13. The number of carboxylic acid groups (broad SMARTS) is 1. The normalized spacial score (nSPS) is 12.1. The molecule has 1 atom stereocenters. The Kier molecular flexibility index (Phi) is 4.88. The molecule has 0 fully saturated rings. The summed E-state index contributed by atoms with van der Waals surface area (Å²) in [5.41, 5.74) is 0.283. The molecule has 0 aromatic heterocycles. The van der Waals surface area contributed by atoms with Crippen LogP contribution in [0.4, 0.5) is 4.39 Å². The molecule has 0 heterocycles. The van der Waals surface area contributed by atoms with Crippen LogP contribution < -0.4 is 4.74 Å². The fraction of sp³-hybridized carbons (Fsp3) is 0.231. The Labute approximate surface area is 104 Å². The van der Waals surface area contributed by atoms with Gasteiger partial charge in [0.05, 0.1) is 0 Å². The van der Waals surface area contributed by atoms with E-state index in [1.165, 1.54) is 24.3 Å². The first-order valence-electron chi connectivity index (χ1n) is 5.34. The molecule has 0 saturated heterocycles. The molecule has 1 unspecified atom stereocenters. The maximum atomic E-state index is 13.6. The summed E-state index contributed by atoms with van der Waals surface area (Å²) in [6, 6.07) is 6.04. The zero-order valence-electron chi connectivity index (χ0n) is 9.76. The van der Waals surface area contributed by atoms with Crippen molar-refractivity contribution in [1.29, 1.82) is 5.26 Å². The van der Waals surface area contributed by atoms with Gasteiger partial charge in [-0.2, -0.15) is 5.26 Å². The van der Waals surface area contributed by atoms with Crippen LogP contribution in [0.25, 0.3) is 6.08 Å². The van der Waals surface area contributed by atoms with Crippen LogP contribution in [0, 0.1) is 17.1 Å². The van der Waals surface area contributed by atoms with Crippen LogP contribution in [-0.2, 0) is 4.79 Å². The molecule has 0 aliphatic carbocycles. The third kappa shape index (κ3) is 3.59. The fourth-order valence-corrected chi connectivity index (χ4v) is 1.29. The van der Waals surface area contributed by atoms with Crippen molar-refractivity contribution in [2.45, 2.75) is 19.4 Å². The maximum absolute atomic E-state index is 13.6. The molecule has 1 aromatic carbocycles. The second-order valence-corrected chi connectivity index (χ2v) is 3.47. The number of nitrogens with zero attached hydrogens (tertiary/aromatic N) is 1. The number of hydrogen-bond donors (Lipinski definition) is 1. The van der Waals surface area contributed by atoms with E-state index in [4.69, 9.17) is 15.1 Å². The average molecular weight is 249 g/mol. The molecule has 0 bridgehead atoms. The zero-order valence-corrected chi connectivity index (χ0v) is 9.76. The number of carboxylic acids is 1. The minimum Gasteiger partial charge on any atom is -0.478 e. The van der Waals surface area contributed by atoms with Crippen LogP contribution in [0.1, 0.15) is 18.9 Å². The Morgan fingerprint density at radius 2 is 2.39 bits per heavy atom. The molecule has 0 aliphatic rings. The SMILES string of the molecule is CCC(C#N)Oc1c(F)cccc1/C=C/C(=O)O. The fourth-order valence-electron chi connectivity index (χ4n) is 1.29. The highest BCUT2D eigenvalue weighted by Crippen LogP contribution is 2.25. The Hall–Kier alpha value is -2.35. The van der Waals surface area contributed by atoms with Gasteiger partial charge in [-0.25, -0.2) is 9.18 Å². The number of halogens is 1. The van der Waals surface area contributed by atoms with Gasteiger partial charge < -0.3 is 9.84 Å². The summed E-state index contributed by atoms with van der Waals surface area (Å²) >= 11 is 0. The van der Waals surface area contributed by atoms with Crippen LogP contribution in [0.2, 0.25) is 0 Å². The first-order chi connectivity index (χ1) is 8.58. The Morgan fingerprint density at radius 1 is 1.67 bits per heavy atom. The topological polar surface area (TPSA) is 70.3 Å². The zero-order chi connectivity index (χ0) is 13.5. The lowest BCUT2D eigenvalue weighted by atomic mass is 10.1. The van der Waals surface area contributed by atoms with Gasteiger partial charge in [0, 0.05) is 11.6 Å². The number of hydrogen-bond acceptors (Lipinski definition) is 3. The van der Waals surface area contributed by atoms with Gasteiger partial charge in [-0.15, -0.1) is 0 Å². The molecule has 4 nitrogen and oxygen atoms in total. The summed E-state index contributed by atoms with van der Waals surface area (Å²) < 4.78 is 18.8. The number of aliphatic carboxylic acids is 1. The van der Waals surface area contributed by atoms with E-state index < -0.39 is 17.9 Å². The molecule has 1 aromatic rings. The van der Waals surface area contributed by atoms with Gasteiger partial charge in [0.1, 0.15) is 6.07 Å². The number of carbonyl (C=O) groups is 1. The molecule has 1 rings (SSSR count). The summed E-state index contributed by atoms with van der Waals surface area (Å²) in [6.07, 6.45) is 1.76. The minimum atomic E-state index is -1.14. The van der Waals surface area contributed by atoms with Crippen molar-refractivity contribution in [3.63, 3.8) is 0 Å². The molecule has 18 heavy (non-hydrogen) atoms. The van der Waals surface area contributed by atoms with Crippen LogP contribution in [0.5, 0.6) is 5.75 Å². The van der Waals surface area contributed by atoms with E-state index in [0.29, 0.717) is 6.42 Å². The third-order valence-corrected chi connectivity index (χ3v) is 2.18. The van der Waals surface area contributed by atoms with Gasteiger partial charge in [0.25, 0.3) is 0 Å². The van der Waals surface area contributed by atoms with Crippen LogP contribution in [0.15, 0.2) is 24.3 Å². The number of benzene rings is 1. The van der Waals surface area contributed by atoms with Crippen LogP contribution >= 0.6 is 0 Å². The highest BCUT2D eigenvalue weighted by atomic mass is 19.1. The van der Waals surface area contributed by atoms with Gasteiger partial charge in [-0.05, 0) is 18.6 Å². The quantitative estimate of drug-likeness (QED) is 0.814. The van der Waals surface area contributed by atoms with Crippen molar-refractivity contribution in [1.82, 2.24) is 0 Å². The van der Waals surface area contributed by atoms with E-state index in [0.717, 1.165) is 6.08 Å². The monoisotopic (exact) mass is 249 g/mol. The second kappa shape index (κ2) is 6.40. The number of nitriles is 1. The summed E-state index contributed by atoms with van der Waals surface area (Å²) in [7, 11) is 0. The van der Waals surface area contributed by atoms with Crippen molar-refractivity contribution in [2.75, 3.05) is 0 Å². The Bertz CT molecular complexity index is 505. The summed E-state index contributed by atoms with van der Waals surface area (Å²) in [4.78, 5) is 10.4. The summed E-state index contributed by atoms with van der Waals surface area (Å²) in [5, 5.41) is 17.3. The second-order valence-electron chi connectivity index (χ2n) is 3.47. The molecule has 0 spiro atoms. The maximum Gasteiger partial charge on any atom is 0.328 e. The van der Waals surface area contributed by atoms with E-state index in [1.807, 2.05) is 6.07 Å². The molecule has 0 aliphatic heterocycles. The van der Waals surface area contributed by atoms with Crippen molar-refractivity contribution < 1.29 is 19.0 Å². The van der Waals surface area contributed by atoms with Crippen molar-refractivity contribution in [2.24, 2.45) is 0 Å². The lowest BCUT2D eigenvalue weighted by molar-refractivity contribution is -0.131. The predicted molar refractivity (Wildman–Crippen MR) is 63.4 cm³/mol. The van der Waals surface area contributed by atoms with Crippen molar-refractivity contribution in [3.8, 4) is 11.8 Å².